The average Bonchev–Trinajstić information content (AvgIpc) is 2.88. The van der Waals surface area contributed by atoms with Crippen LogP contribution in [0.3, 0.4) is 0 Å². The van der Waals surface area contributed by atoms with E-state index >= 15 is 0 Å². The van der Waals surface area contributed by atoms with Gasteiger partial charge in [-0.05, 0) is 54.0 Å². The number of esters is 1. The first-order valence-electron chi connectivity index (χ1n) is 9.43. The van der Waals surface area contributed by atoms with Crippen LogP contribution in [0, 0.1) is 0 Å². The van der Waals surface area contributed by atoms with Crippen molar-refractivity contribution in [3.63, 3.8) is 0 Å². The monoisotopic (exact) mass is 376 g/mol. The van der Waals surface area contributed by atoms with Crippen molar-refractivity contribution in [2.75, 3.05) is 6.61 Å². The summed E-state index contributed by atoms with van der Waals surface area (Å²) in [5, 5.41) is 2.78. The number of rotatable bonds is 5. The number of benzene rings is 1. The second-order valence-electron chi connectivity index (χ2n) is 8.53. The molecule has 1 N–H and O–H groups in total. The topological polar surface area (TPSA) is 67.9 Å². The van der Waals surface area contributed by atoms with Crippen molar-refractivity contribution in [2.24, 2.45) is 0 Å². The van der Waals surface area contributed by atoms with E-state index < -0.39 is 29.4 Å². The Bertz CT molecular complexity index is 667. The number of nitrogens with one attached hydrogen (secondary N) is 1. The Balaban J connectivity index is 2.12. The van der Waals surface area contributed by atoms with E-state index in [4.69, 9.17) is 9.47 Å². The van der Waals surface area contributed by atoms with Gasteiger partial charge in [-0.25, -0.2) is 4.79 Å². The molecule has 1 aromatic carbocycles. The first-order chi connectivity index (χ1) is 12.4. The van der Waals surface area contributed by atoms with Crippen molar-refractivity contribution in [3.05, 3.63) is 35.9 Å². The van der Waals surface area contributed by atoms with Crippen LogP contribution in [0.15, 0.2) is 30.3 Å². The Labute approximate surface area is 162 Å². The van der Waals surface area contributed by atoms with E-state index in [1.54, 1.807) is 27.7 Å². The van der Waals surface area contributed by atoms with Crippen LogP contribution in [0.2, 0.25) is 0 Å². The van der Waals surface area contributed by atoms with Gasteiger partial charge in [0, 0.05) is 0 Å². The molecule has 1 amide bonds. The Kier molecular flexibility index (Phi) is 6.32. The van der Waals surface area contributed by atoms with Gasteiger partial charge >= 0.3 is 5.97 Å². The molecule has 6 heteroatoms. The summed E-state index contributed by atoms with van der Waals surface area (Å²) in [7, 11) is 0. The third-order valence-corrected chi connectivity index (χ3v) is 4.65. The number of hydrogen-bond acceptors (Lipinski definition) is 5. The van der Waals surface area contributed by atoms with Crippen LogP contribution in [-0.4, -0.2) is 46.8 Å². The fourth-order valence-electron chi connectivity index (χ4n) is 3.39. The molecule has 0 spiro atoms. The summed E-state index contributed by atoms with van der Waals surface area (Å²) in [5.74, 6) is -0.674. The highest BCUT2D eigenvalue weighted by atomic mass is 16.6. The number of carbonyl (C=O) groups excluding carboxylic acids is 2. The van der Waals surface area contributed by atoms with Gasteiger partial charge in [-0.2, -0.15) is 0 Å². The van der Waals surface area contributed by atoms with E-state index in [0.717, 1.165) is 5.56 Å². The van der Waals surface area contributed by atoms with Gasteiger partial charge in [-0.1, -0.05) is 30.3 Å². The van der Waals surface area contributed by atoms with E-state index in [1.165, 1.54) is 0 Å². The van der Waals surface area contributed by atoms with Crippen LogP contribution in [0.4, 0.5) is 0 Å². The minimum atomic E-state index is -0.721. The molecule has 0 saturated carbocycles. The molecule has 2 rings (SSSR count). The van der Waals surface area contributed by atoms with Gasteiger partial charge in [0.1, 0.15) is 17.4 Å². The second kappa shape index (κ2) is 7.98. The summed E-state index contributed by atoms with van der Waals surface area (Å²) < 4.78 is 11.3. The highest BCUT2D eigenvalue weighted by Crippen LogP contribution is 2.38. The van der Waals surface area contributed by atoms with Crippen molar-refractivity contribution in [1.29, 1.82) is 0 Å². The Morgan fingerprint density at radius 3 is 2.37 bits per heavy atom. The summed E-state index contributed by atoms with van der Waals surface area (Å²) in [5.41, 5.74) is -0.0833. The maximum Gasteiger partial charge on any atom is 0.328 e. The number of ether oxygens (including phenoxy) is 2. The lowest BCUT2D eigenvalue weighted by Gasteiger charge is -2.38. The Hall–Kier alpha value is -1.92. The predicted octanol–water partition coefficient (Wildman–Crippen LogP) is 3.03. The van der Waals surface area contributed by atoms with Crippen LogP contribution in [-0.2, 0) is 19.1 Å². The summed E-state index contributed by atoms with van der Waals surface area (Å²) in [4.78, 5) is 27.1. The average molecular weight is 376 g/mol. The fourth-order valence-corrected chi connectivity index (χ4v) is 3.39. The lowest BCUT2D eigenvalue weighted by Crippen LogP contribution is -2.55. The zero-order valence-electron chi connectivity index (χ0n) is 17.4. The van der Waals surface area contributed by atoms with E-state index in [2.05, 4.69) is 10.2 Å². The molecule has 2 unspecified atom stereocenters. The van der Waals surface area contributed by atoms with Crippen LogP contribution < -0.4 is 5.32 Å². The quantitative estimate of drug-likeness (QED) is 0.800. The summed E-state index contributed by atoms with van der Waals surface area (Å²) in [6.45, 7) is 13.3. The fraction of sp³-hybridized carbons (Fsp3) is 0.619. The van der Waals surface area contributed by atoms with Gasteiger partial charge in [0.25, 0.3) is 0 Å². The Morgan fingerprint density at radius 1 is 1.22 bits per heavy atom. The van der Waals surface area contributed by atoms with Gasteiger partial charge < -0.3 is 14.8 Å². The standard InChI is InChI=1S/C21H32N2O4/c1-14(19(25)27-20(3,4)5)22-18(24)15(2)23-17(13-26-21(23,6)7)16-11-9-8-10-12-16/h8-12,14-15,17H,13H2,1-7H3,(H,22,24)/t14?,15?,17-/m1/s1. The molecule has 3 atom stereocenters. The normalized spacial score (nSPS) is 22.1. The van der Waals surface area contributed by atoms with Gasteiger partial charge in [0.15, 0.2) is 0 Å². The number of nitrogens with zero attached hydrogens (tertiary/aromatic N) is 1. The van der Waals surface area contributed by atoms with Gasteiger partial charge in [-0.15, -0.1) is 0 Å². The highest BCUT2D eigenvalue weighted by Gasteiger charge is 2.46. The minimum Gasteiger partial charge on any atom is -0.458 e. The number of hydrogen-bond donors (Lipinski definition) is 1. The molecule has 0 bridgehead atoms. The van der Waals surface area contributed by atoms with Crippen molar-refractivity contribution in [2.45, 2.75) is 77.9 Å². The first-order valence-corrected chi connectivity index (χ1v) is 9.43. The van der Waals surface area contributed by atoms with Crippen molar-refractivity contribution < 1.29 is 19.1 Å². The molecule has 1 aliphatic heterocycles. The summed E-state index contributed by atoms with van der Waals surface area (Å²) in [6, 6.07) is 8.78. The molecule has 1 saturated heterocycles. The molecular formula is C21H32N2O4. The zero-order valence-corrected chi connectivity index (χ0v) is 17.4. The molecule has 0 radical (unpaired) electrons. The molecule has 6 nitrogen and oxygen atoms in total. The van der Waals surface area contributed by atoms with Crippen LogP contribution in [0.5, 0.6) is 0 Å². The number of carbonyl (C=O) groups is 2. The molecule has 150 valence electrons. The van der Waals surface area contributed by atoms with Gasteiger partial charge in [-0.3, -0.25) is 9.69 Å². The maximum absolute atomic E-state index is 12.9. The second-order valence-corrected chi connectivity index (χ2v) is 8.53. The number of amides is 1. The van der Waals surface area contributed by atoms with Crippen LogP contribution in [0.1, 0.15) is 60.1 Å². The molecule has 1 aromatic rings. The van der Waals surface area contributed by atoms with E-state index in [1.807, 2.05) is 51.1 Å². The smallest absolute Gasteiger partial charge is 0.328 e. The molecule has 1 aliphatic rings. The molecule has 0 aliphatic carbocycles. The van der Waals surface area contributed by atoms with E-state index in [9.17, 15) is 9.59 Å². The first kappa shape index (κ1) is 21.4. The lowest BCUT2D eigenvalue weighted by atomic mass is 10.0. The third-order valence-electron chi connectivity index (χ3n) is 4.65. The van der Waals surface area contributed by atoms with E-state index in [0.29, 0.717) is 6.61 Å². The van der Waals surface area contributed by atoms with Crippen molar-refractivity contribution in [1.82, 2.24) is 10.2 Å². The molecular weight excluding hydrogens is 344 g/mol. The van der Waals surface area contributed by atoms with Crippen molar-refractivity contribution >= 4 is 11.9 Å². The zero-order chi connectivity index (χ0) is 20.4. The van der Waals surface area contributed by atoms with Crippen LogP contribution >= 0.6 is 0 Å². The predicted molar refractivity (Wildman–Crippen MR) is 104 cm³/mol. The minimum absolute atomic E-state index is 0.0289. The Morgan fingerprint density at radius 2 is 1.81 bits per heavy atom. The largest absolute Gasteiger partial charge is 0.458 e. The third kappa shape index (κ3) is 5.30. The summed E-state index contributed by atoms with van der Waals surface area (Å²) >= 11 is 0. The molecule has 0 aromatic heterocycles. The highest BCUT2D eigenvalue weighted by molar-refractivity contribution is 5.87. The molecule has 27 heavy (non-hydrogen) atoms. The molecule has 1 fully saturated rings. The van der Waals surface area contributed by atoms with Gasteiger partial charge in [0.05, 0.1) is 18.7 Å². The van der Waals surface area contributed by atoms with Crippen molar-refractivity contribution in [3.8, 4) is 0 Å². The van der Waals surface area contributed by atoms with Crippen LogP contribution in [0.25, 0.3) is 0 Å². The van der Waals surface area contributed by atoms with E-state index in [-0.39, 0.29) is 11.9 Å². The SMILES string of the molecule is CC(NC(=O)C(C)N1[C@@H](c2ccccc2)COC1(C)C)C(=O)OC(C)(C)C. The van der Waals surface area contributed by atoms with Gasteiger partial charge in [0.2, 0.25) is 5.91 Å². The summed E-state index contributed by atoms with van der Waals surface area (Å²) in [6.07, 6.45) is 0. The lowest BCUT2D eigenvalue weighted by molar-refractivity contribution is -0.158. The maximum atomic E-state index is 12.9. The molecule has 1 heterocycles.